The molecule has 1 aromatic carbocycles. The minimum Gasteiger partial charge on any atom is -0.460 e. The molecule has 0 spiro atoms. The van der Waals surface area contributed by atoms with Crippen LogP contribution in [0.1, 0.15) is 30.9 Å². The van der Waals surface area contributed by atoms with Crippen molar-refractivity contribution in [3.8, 4) is 0 Å². The van der Waals surface area contributed by atoms with Gasteiger partial charge < -0.3 is 15.4 Å². The number of benzene rings is 1. The standard InChI is InChI=1S/C18H26N2O3/c1-14(2)17(21)23-13-12-20-18(22)19-11-5-4-6-16-9-7-15(3)8-10-16/h7-10H,1,4-6,11-13H2,2-3H3,(H2,19,20,22). The Balaban J connectivity index is 2.00. The first-order valence-corrected chi connectivity index (χ1v) is 7.89. The zero-order valence-electron chi connectivity index (χ0n) is 14.0. The second kappa shape index (κ2) is 10.4. The first-order chi connectivity index (χ1) is 11.0. The second-order valence-electron chi connectivity index (χ2n) is 5.54. The van der Waals surface area contributed by atoms with Gasteiger partial charge in [0.15, 0.2) is 0 Å². The van der Waals surface area contributed by atoms with E-state index >= 15 is 0 Å². The molecule has 1 rings (SSSR count). The number of esters is 1. The molecule has 126 valence electrons. The van der Waals surface area contributed by atoms with E-state index in [4.69, 9.17) is 4.74 Å². The maximum atomic E-state index is 11.5. The molecule has 0 saturated heterocycles. The van der Waals surface area contributed by atoms with E-state index in [1.165, 1.54) is 11.1 Å². The van der Waals surface area contributed by atoms with Crippen LogP contribution in [0.4, 0.5) is 4.79 Å². The van der Waals surface area contributed by atoms with Crippen molar-refractivity contribution in [1.29, 1.82) is 0 Å². The van der Waals surface area contributed by atoms with Crippen LogP contribution in [0.25, 0.3) is 0 Å². The van der Waals surface area contributed by atoms with Gasteiger partial charge in [-0.15, -0.1) is 0 Å². The predicted octanol–water partition coefficient (Wildman–Crippen LogP) is 2.74. The molecular formula is C18H26N2O3. The lowest BCUT2D eigenvalue weighted by molar-refractivity contribution is -0.138. The molecule has 5 nitrogen and oxygen atoms in total. The molecular weight excluding hydrogens is 292 g/mol. The molecule has 23 heavy (non-hydrogen) atoms. The van der Waals surface area contributed by atoms with Crippen LogP contribution < -0.4 is 10.6 Å². The summed E-state index contributed by atoms with van der Waals surface area (Å²) >= 11 is 0. The first-order valence-electron chi connectivity index (χ1n) is 7.89. The van der Waals surface area contributed by atoms with Crippen molar-refractivity contribution in [2.45, 2.75) is 33.1 Å². The van der Waals surface area contributed by atoms with Gasteiger partial charge in [0.25, 0.3) is 0 Å². The summed E-state index contributed by atoms with van der Waals surface area (Å²) in [6.07, 6.45) is 2.96. The lowest BCUT2D eigenvalue weighted by Gasteiger charge is -2.08. The number of aryl methyl sites for hydroxylation is 2. The molecule has 2 amide bonds. The van der Waals surface area contributed by atoms with Crippen LogP contribution in [0.2, 0.25) is 0 Å². The van der Waals surface area contributed by atoms with Gasteiger partial charge in [0, 0.05) is 12.1 Å². The largest absolute Gasteiger partial charge is 0.460 e. The van der Waals surface area contributed by atoms with E-state index in [9.17, 15) is 9.59 Å². The quantitative estimate of drug-likeness (QED) is 0.418. The molecule has 0 fully saturated rings. The number of urea groups is 1. The van der Waals surface area contributed by atoms with Gasteiger partial charge in [-0.3, -0.25) is 0 Å². The Morgan fingerprint density at radius 3 is 2.39 bits per heavy atom. The minimum absolute atomic E-state index is 0.145. The van der Waals surface area contributed by atoms with Gasteiger partial charge in [-0.2, -0.15) is 0 Å². The monoisotopic (exact) mass is 318 g/mol. The van der Waals surface area contributed by atoms with Crippen LogP contribution in [0.3, 0.4) is 0 Å². The molecule has 0 saturated carbocycles. The molecule has 0 bridgehead atoms. The summed E-state index contributed by atoms with van der Waals surface area (Å²) in [6.45, 7) is 8.20. The number of amides is 2. The third-order valence-electron chi connectivity index (χ3n) is 3.27. The van der Waals surface area contributed by atoms with Gasteiger partial charge in [-0.25, -0.2) is 9.59 Å². The van der Waals surface area contributed by atoms with E-state index in [2.05, 4.69) is 48.4 Å². The molecule has 5 heteroatoms. The summed E-state index contributed by atoms with van der Waals surface area (Å²) in [5.41, 5.74) is 2.93. The van der Waals surface area contributed by atoms with E-state index < -0.39 is 5.97 Å². The Morgan fingerprint density at radius 1 is 1.09 bits per heavy atom. The average Bonchev–Trinajstić information content (AvgIpc) is 2.52. The lowest BCUT2D eigenvalue weighted by atomic mass is 10.1. The summed E-state index contributed by atoms with van der Waals surface area (Å²) < 4.78 is 4.87. The first kappa shape index (κ1) is 18.7. The fourth-order valence-electron chi connectivity index (χ4n) is 1.90. The third-order valence-corrected chi connectivity index (χ3v) is 3.27. The third kappa shape index (κ3) is 8.66. The highest BCUT2D eigenvalue weighted by Gasteiger charge is 2.03. The number of nitrogens with one attached hydrogen (secondary N) is 2. The maximum Gasteiger partial charge on any atom is 0.333 e. The van der Waals surface area contributed by atoms with Gasteiger partial charge >= 0.3 is 12.0 Å². The van der Waals surface area contributed by atoms with Crippen LogP contribution >= 0.6 is 0 Å². The lowest BCUT2D eigenvalue weighted by Crippen LogP contribution is -2.38. The molecule has 0 unspecified atom stereocenters. The highest BCUT2D eigenvalue weighted by Crippen LogP contribution is 2.06. The minimum atomic E-state index is -0.441. The molecule has 0 atom stereocenters. The van der Waals surface area contributed by atoms with Crippen molar-refractivity contribution in [2.24, 2.45) is 0 Å². The zero-order valence-corrected chi connectivity index (χ0v) is 14.0. The normalized spacial score (nSPS) is 10.0. The molecule has 1 aromatic rings. The van der Waals surface area contributed by atoms with Gasteiger partial charge in [-0.05, 0) is 38.7 Å². The van der Waals surface area contributed by atoms with Gasteiger partial charge in [-0.1, -0.05) is 36.4 Å². The number of hydrogen-bond donors (Lipinski definition) is 2. The molecule has 0 aliphatic heterocycles. The van der Waals surface area contributed by atoms with E-state index in [-0.39, 0.29) is 19.2 Å². The summed E-state index contributed by atoms with van der Waals surface area (Å²) in [7, 11) is 0. The molecule has 0 aliphatic carbocycles. The summed E-state index contributed by atoms with van der Waals surface area (Å²) in [5.74, 6) is -0.441. The van der Waals surface area contributed by atoms with E-state index in [1.807, 2.05) is 0 Å². The van der Waals surface area contributed by atoms with Crippen molar-refractivity contribution in [3.05, 3.63) is 47.5 Å². The van der Waals surface area contributed by atoms with Crippen molar-refractivity contribution < 1.29 is 14.3 Å². The van der Waals surface area contributed by atoms with Crippen LogP contribution in [0.15, 0.2) is 36.4 Å². The number of hydrogen-bond acceptors (Lipinski definition) is 3. The molecule has 0 radical (unpaired) electrons. The zero-order chi connectivity index (χ0) is 17.1. The number of carbonyl (C=O) groups excluding carboxylic acids is 2. The predicted molar refractivity (Wildman–Crippen MR) is 91.3 cm³/mol. The van der Waals surface area contributed by atoms with E-state index in [0.29, 0.717) is 12.1 Å². The number of carbonyl (C=O) groups is 2. The average molecular weight is 318 g/mol. The Labute approximate surface area is 138 Å². The highest BCUT2D eigenvalue weighted by atomic mass is 16.5. The number of rotatable bonds is 9. The van der Waals surface area contributed by atoms with Crippen LogP contribution in [-0.2, 0) is 16.0 Å². The summed E-state index contributed by atoms with van der Waals surface area (Å²) in [4.78, 5) is 22.6. The van der Waals surface area contributed by atoms with Gasteiger partial charge in [0.2, 0.25) is 0 Å². The molecule has 0 heterocycles. The van der Waals surface area contributed by atoms with Crippen LogP contribution in [-0.4, -0.2) is 31.7 Å². The summed E-state index contributed by atoms with van der Waals surface area (Å²) in [5, 5.41) is 5.42. The van der Waals surface area contributed by atoms with Gasteiger partial charge in [0.05, 0.1) is 6.54 Å². The molecule has 0 aliphatic rings. The molecule has 0 aromatic heterocycles. The van der Waals surface area contributed by atoms with Crippen LogP contribution in [0.5, 0.6) is 0 Å². The van der Waals surface area contributed by atoms with Crippen LogP contribution in [0, 0.1) is 6.92 Å². The topological polar surface area (TPSA) is 67.4 Å². The van der Waals surface area contributed by atoms with E-state index in [0.717, 1.165) is 19.3 Å². The number of ether oxygens (including phenoxy) is 1. The van der Waals surface area contributed by atoms with Crippen molar-refractivity contribution >= 4 is 12.0 Å². The Hall–Kier alpha value is -2.30. The van der Waals surface area contributed by atoms with Crippen molar-refractivity contribution in [3.63, 3.8) is 0 Å². The van der Waals surface area contributed by atoms with Crippen molar-refractivity contribution in [2.75, 3.05) is 19.7 Å². The fraction of sp³-hybridized carbons (Fsp3) is 0.444. The fourth-order valence-corrected chi connectivity index (χ4v) is 1.90. The van der Waals surface area contributed by atoms with Gasteiger partial charge in [0.1, 0.15) is 6.61 Å². The Bertz CT molecular complexity index is 524. The Morgan fingerprint density at radius 2 is 1.74 bits per heavy atom. The SMILES string of the molecule is C=C(C)C(=O)OCCNC(=O)NCCCCc1ccc(C)cc1. The summed E-state index contributed by atoms with van der Waals surface area (Å²) in [6, 6.07) is 8.26. The second-order valence-corrected chi connectivity index (χ2v) is 5.54. The molecule has 2 N–H and O–H groups in total. The maximum absolute atomic E-state index is 11.5. The number of unbranched alkanes of at least 4 members (excludes halogenated alkanes) is 1. The Kier molecular flexibility index (Phi) is 8.50. The highest BCUT2D eigenvalue weighted by molar-refractivity contribution is 5.86. The van der Waals surface area contributed by atoms with E-state index in [1.54, 1.807) is 6.92 Å². The van der Waals surface area contributed by atoms with Crippen molar-refractivity contribution in [1.82, 2.24) is 10.6 Å². The smallest absolute Gasteiger partial charge is 0.333 e.